The second kappa shape index (κ2) is 2.69. The summed E-state index contributed by atoms with van der Waals surface area (Å²) >= 11 is 0. The zero-order valence-electron chi connectivity index (χ0n) is 5.82. The average molecular weight is 179 g/mol. The monoisotopic (exact) mass is 179 g/mol. The fraction of sp³-hybridized carbons (Fsp3) is 0.800. The van der Waals surface area contributed by atoms with Gasteiger partial charge in [-0.3, -0.25) is 0 Å². The van der Waals surface area contributed by atoms with E-state index >= 15 is 0 Å². The van der Waals surface area contributed by atoms with Crippen molar-refractivity contribution in [1.29, 1.82) is 0 Å². The molecule has 0 spiro atoms. The molecule has 6 heteroatoms. The summed E-state index contributed by atoms with van der Waals surface area (Å²) in [5.41, 5.74) is 3.67. The van der Waals surface area contributed by atoms with Crippen molar-refractivity contribution in [3.05, 3.63) is 0 Å². The molecule has 0 radical (unpaired) electrons. The highest BCUT2D eigenvalue weighted by molar-refractivity contribution is 7.92. The molecule has 1 atom stereocenters. The Morgan fingerprint density at radius 2 is 2.18 bits per heavy atom. The SMILES string of the molecule is NC(=O)OC1CCCS1(=O)=O. The number of sulfone groups is 1. The molecule has 64 valence electrons. The summed E-state index contributed by atoms with van der Waals surface area (Å²) in [5, 5.41) is 0. The summed E-state index contributed by atoms with van der Waals surface area (Å²) in [4.78, 5) is 10.2. The molecule has 1 aliphatic heterocycles. The Kier molecular flexibility index (Phi) is 2.03. The van der Waals surface area contributed by atoms with E-state index in [0.717, 1.165) is 0 Å². The lowest BCUT2D eigenvalue weighted by atomic mass is 10.4. The maximum Gasteiger partial charge on any atom is 0.405 e. The Morgan fingerprint density at radius 1 is 1.55 bits per heavy atom. The predicted molar refractivity (Wildman–Crippen MR) is 37.5 cm³/mol. The number of carbonyl (C=O) groups is 1. The first-order valence-electron chi connectivity index (χ1n) is 3.20. The topological polar surface area (TPSA) is 86.5 Å². The van der Waals surface area contributed by atoms with E-state index in [4.69, 9.17) is 0 Å². The van der Waals surface area contributed by atoms with Crippen LogP contribution in [0.2, 0.25) is 0 Å². The Bertz CT molecular complexity index is 258. The van der Waals surface area contributed by atoms with Crippen molar-refractivity contribution in [2.75, 3.05) is 5.75 Å². The third-order valence-corrected chi connectivity index (χ3v) is 3.51. The van der Waals surface area contributed by atoms with Crippen LogP contribution in [-0.4, -0.2) is 25.7 Å². The highest BCUT2D eigenvalue weighted by Crippen LogP contribution is 2.20. The number of hydrogen-bond donors (Lipinski definition) is 1. The van der Waals surface area contributed by atoms with Crippen molar-refractivity contribution in [2.24, 2.45) is 5.73 Å². The van der Waals surface area contributed by atoms with Gasteiger partial charge in [0.15, 0.2) is 9.84 Å². The fourth-order valence-corrected chi connectivity index (χ4v) is 2.62. The zero-order valence-corrected chi connectivity index (χ0v) is 6.63. The van der Waals surface area contributed by atoms with Gasteiger partial charge in [0.1, 0.15) is 0 Å². The molecule has 1 unspecified atom stereocenters. The molecular formula is C5H9NO4S. The van der Waals surface area contributed by atoms with E-state index in [2.05, 4.69) is 10.5 Å². The first-order valence-corrected chi connectivity index (χ1v) is 4.91. The van der Waals surface area contributed by atoms with Crippen LogP contribution in [0.4, 0.5) is 4.79 Å². The van der Waals surface area contributed by atoms with Crippen molar-refractivity contribution in [2.45, 2.75) is 18.3 Å². The normalized spacial score (nSPS) is 28.2. The Labute approximate surface area is 64.4 Å². The summed E-state index contributed by atoms with van der Waals surface area (Å²) in [6, 6.07) is 0. The predicted octanol–water partition coefficient (Wildman–Crippen LogP) is -0.384. The van der Waals surface area contributed by atoms with E-state index in [1.807, 2.05) is 0 Å². The molecular weight excluding hydrogens is 170 g/mol. The van der Waals surface area contributed by atoms with Crippen LogP contribution in [0.15, 0.2) is 0 Å². The quantitative estimate of drug-likeness (QED) is 0.594. The Balaban J connectivity index is 2.66. The van der Waals surface area contributed by atoms with Crippen LogP contribution in [0.25, 0.3) is 0 Å². The summed E-state index contributed by atoms with van der Waals surface area (Å²) < 4.78 is 26.3. The van der Waals surface area contributed by atoms with E-state index in [0.29, 0.717) is 12.8 Å². The van der Waals surface area contributed by atoms with Gasteiger partial charge in [-0.25, -0.2) is 13.2 Å². The van der Waals surface area contributed by atoms with Gasteiger partial charge >= 0.3 is 6.09 Å². The molecule has 1 rings (SSSR count). The minimum atomic E-state index is -3.21. The van der Waals surface area contributed by atoms with Crippen LogP contribution in [0.3, 0.4) is 0 Å². The highest BCUT2D eigenvalue weighted by atomic mass is 32.2. The minimum absolute atomic E-state index is 0.0882. The molecule has 1 saturated heterocycles. The second-order valence-corrected chi connectivity index (χ2v) is 4.64. The van der Waals surface area contributed by atoms with Gasteiger partial charge in [0.25, 0.3) is 0 Å². The number of ether oxygens (including phenoxy) is 1. The Hall–Kier alpha value is -0.780. The standard InChI is InChI=1S/C5H9NO4S/c6-5(7)10-4-2-1-3-11(4,8)9/h4H,1-3H2,(H2,6,7). The van der Waals surface area contributed by atoms with E-state index in [9.17, 15) is 13.2 Å². The number of carbonyl (C=O) groups excluding carboxylic acids is 1. The van der Waals surface area contributed by atoms with Crippen LogP contribution in [0.1, 0.15) is 12.8 Å². The van der Waals surface area contributed by atoms with E-state index in [-0.39, 0.29) is 5.75 Å². The molecule has 2 N–H and O–H groups in total. The van der Waals surface area contributed by atoms with Crippen LogP contribution in [-0.2, 0) is 14.6 Å². The molecule has 11 heavy (non-hydrogen) atoms. The second-order valence-electron chi connectivity index (χ2n) is 2.38. The van der Waals surface area contributed by atoms with Crippen LogP contribution < -0.4 is 5.73 Å². The number of amides is 1. The van der Waals surface area contributed by atoms with Crippen molar-refractivity contribution in [3.8, 4) is 0 Å². The van der Waals surface area contributed by atoms with E-state index < -0.39 is 21.4 Å². The average Bonchev–Trinajstić information content (AvgIpc) is 2.10. The minimum Gasteiger partial charge on any atom is -0.430 e. The van der Waals surface area contributed by atoms with Gasteiger partial charge in [-0.15, -0.1) is 0 Å². The molecule has 0 aromatic heterocycles. The summed E-state index contributed by atoms with van der Waals surface area (Å²) in [5.74, 6) is 0.0882. The smallest absolute Gasteiger partial charge is 0.405 e. The summed E-state index contributed by atoms with van der Waals surface area (Å²) in [6.07, 6.45) is -0.119. The van der Waals surface area contributed by atoms with Crippen molar-refractivity contribution < 1.29 is 17.9 Å². The van der Waals surface area contributed by atoms with Gasteiger partial charge in [0, 0.05) is 6.42 Å². The van der Waals surface area contributed by atoms with Gasteiger partial charge in [0.05, 0.1) is 5.75 Å². The molecule has 0 aromatic carbocycles. The fourth-order valence-electron chi connectivity index (χ4n) is 1.02. The molecule has 1 amide bonds. The number of primary amides is 1. The number of nitrogens with two attached hydrogens (primary N) is 1. The van der Waals surface area contributed by atoms with Crippen LogP contribution in [0, 0.1) is 0 Å². The van der Waals surface area contributed by atoms with Gasteiger partial charge < -0.3 is 10.5 Å². The summed E-state index contributed by atoms with van der Waals surface area (Å²) in [7, 11) is -3.21. The van der Waals surface area contributed by atoms with E-state index in [1.54, 1.807) is 0 Å². The highest BCUT2D eigenvalue weighted by Gasteiger charge is 2.33. The largest absolute Gasteiger partial charge is 0.430 e. The summed E-state index contributed by atoms with van der Waals surface area (Å²) in [6.45, 7) is 0. The number of rotatable bonds is 1. The molecule has 0 saturated carbocycles. The van der Waals surface area contributed by atoms with Crippen molar-refractivity contribution in [1.82, 2.24) is 0 Å². The molecule has 0 aromatic rings. The lowest BCUT2D eigenvalue weighted by Crippen LogP contribution is -2.26. The maximum absolute atomic E-state index is 11.0. The Morgan fingerprint density at radius 3 is 2.55 bits per heavy atom. The van der Waals surface area contributed by atoms with E-state index in [1.165, 1.54) is 0 Å². The molecule has 1 heterocycles. The van der Waals surface area contributed by atoms with Crippen LogP contribution >= 0.6 is 0 Å². The molecule has 1 aliphatic rings. The van der Waals surface area contributed by atoms with Gasteiger partial charge in [0.2, 0.25) is 5.44 Å². The molecule has 0 aliphatic carbocycles. The third-order valence-electron chi connectivity index (χ3n) is 1.52. The van der Waals surface area contributed by atoms with Gasteiger partial charge in [-0.05, 0) is 6.42 Å². The van der Waals surface area contributed by atoms with Crippen LogP contribution in [0.5, 0.6) is 0 Å². The van der Waals surface area contributed by atoms with Crippen molar-refractivity contribution in [3.63, 3.8) is 0 Å². The number of hydrogen-bond acceptors (Lipinski definition) is 4. The molecule has 0 bridgehead atoms. The molecule has 1 fully saturated rings. The zero-order chi connectivity index (χ0) is 8.48. The van der Waals surface area contributed by atoms with Crippen molar-refractivity contribution >= 4 is 15.9 Å². The van der Waals surface area contributed by atoms with Gasteiger partial charge in [-0.1, -0.05) is 0 Å². The lowest BCUT2D eigenvalue weighted by molar-refractivity contribution is 0.141. The first kappa shape index (κ1) is 8.32. The maximum atomic E-state index is 11.0. The first-order chi connectivity index (χ1) is 5.02. The third kappa shape index (κ3) is 1.83. The lowest BCUT2D eigenvalue weighted by Gasteiger charge is -2.07. The molecule has 5 nitrogen and oxygen atoms in total. The van der Waals surface area contributed by atoms with Gasteiger partial charge in [-0.2, -0.15) is 0 Å².